The highest BCUT2D eigenvalue weighted by atomic mass is 16.5. The molecule has 16 heavy (non-hydrogen) atoms. The topological polar surface area (TPSA) is 12.5 Å². The van der Waals surface area contributed by atoms with Gasteiger partial charge in [-0.05, 0) is 36.1 Å². The van der Waals surface area contributed by atoms with E-state index in [2.05, 4.69) is 43.9 Å². The van der Waals surface area contributed by atoms with E-state index < -0.39 is 0 Å². The molecule has 1 heterocycles. The van der Waals surface area contributed by atoms with Gasteiger partial charge in [0.05, 0.1) is 13.2 Å². The first kappa shape index (κ1) is 11.5. The Balaban J connectivity index is 2.19. The SMILES string of the molecule is Cc1cc(N2CCOCC2)ccc1C(C)C. The van der Waals surface area contributed by atoms with Gasteiger partial charge < -0.3 is 9.64 Å². The molecule has 0 atom stereocenters. The van der Waals surface area contributed by atoms with Crippen LogP contribution < -0.4 is 4.90 Å². The molecule has 0 spiro atoms. The molecule has 1 aromatic rings. The number of morpholine rings is 1. The van der Waals surface area contributed by atoms with E-state index in [0.717, 1.165) is 26.3 Å². The molecular weight excluding hydrogens is 198 g/mol. The van der Waals surface area contributed by atoms with Crippen LogP contribution in [0.2, 0.25) is 0 Å². The smallest absolute Gasteiger partial charge is 0.0642 e. The molecule has 2 heteroatoms. The molecule has 0 aliphatic carbocycles. The summed E-state index contributed by atoms with van der Waals surface area (Å²) < 4.78 is 5.37. The van der Waals surface area contributed by atoms with E-state index in [1.54, 1.807) is 0 Å². The number of ether oxygens (including phenoxy) is 1. The lowest BCUT2D eigenvalue weighted by atomic mass is 9.97. The number of rotatable bonds is 2. The molecule has 1 aliphatic heterocycles. The lowest BCUT2D eigenvalue weighted by Gasteiger charge is -2.29. The van der Waals surface area contributed by atoms with Crippen molar-refractivity contribution in [2.24, 2.45) is 0 Å². The van der Waals surface area contributed by atoms with Gasteiger partial charge in [-0.2, -0.15) is 0 Å². The normalized spacial score (nSPS) is 16.9. The summed E-state index contributed by atoms with van der Waals surface area (Å²) >= 11 is 0. The van der Waals surface area contributed by atoms with Gasteiger partial charge in [0.2, 0.25) is 0 Å². The molecule has 2 nitrogen and oxygen atoms in total. The number of hydrogen-bond acceptors (Lipinski definition) is 2. The average Bonchev–Trinajstić information content (AvgIpc) is 2.29. The van der Waals surface area contributed by atoms with Crippen LogP contribution in [0.1, 0.15) is 30.9 Å². The van der Waals surface area contributed by atoms with Crippen LogP contribution in [0.5, 0.6) is 0 Å². The largest absolute Gasteiger partial charge is 0.378 e. The number of anilines is 1. The zero-order valence-electron chi connectivity index (χ0n) is 10.5. The van der Waals surface area contributed by atoms with Crippen LogP contribution in [-0.2, 0) is 4.74 Å². The van der Waals surface area contributed by atoms with Crippen molar-refractivity contribution in [1.29, 1.82) is 0 Å². The van der Waals surface area contributed by atoms with E-state index in [1.165, 1.54) is 16.8 Å². The molecule has 0 saturated carbocycles. The van der Waals surface area contributed by atoms with Crippen molar-refractivity contribution in [3.05, 3.63) is 29.3 Å². The fourth-order valence-electron chi connectivity index (χ4n) is 2.33. The van der Waals surface area contributed by atoms with E-state index in [9.17, 15) is 0 Å². The molecule has 0 radical (unpaired) electrons. The first-order valence-electron chi connectivity index (χ1n) is 6.11. The number of benzene rings is 1. The predicted octanol–water partition coefficient (Wildman–Crippen LogP) is 2.96. The van der Waals surface area contributed by atoms with Crippen molar-refractivity contribution in [3.63, 3.8) is 0 Å². The maximum atomic E-state index is 5.37. The zero-order chi connectivity index (χ0) is 11.5. The fourth-order valence-corrected chi connectivity index (χ4v) is 2.33. The van der Waals surface area contributed by atoms with Crippen molar-refractivity contribution >= 4 is 5.69 Å². The van der Waals surface area contributed by atoms with Gasteiger partial charge in [-0.15, -0.1) is 0 Å². The van der Waals surface area contributed by atoms with Crippen LogP contribution >= 0.6 is 0 Å². The maximum Gasteiger partial charge on any atom is 0.0642 e. The van der Waals surface area contributed by atoms with E-state index in [0.29, 0.717) is 5.92 Å². The van der Waals surface area contributed by atoms with Crippen LogP contribution in [0.3, 0.4) is 0 Å². The van der Waals surface area contributed by atoms with Gasteiger partial charge in [0, 0.05) is 18.8 Å². The first-order chi connectivity index (χ1) is 7.68. The van der Waals surface area contributed by atoms with Gasteiger partial charge in [0.15, 0.2) is 0 Å². The minimum absolute atomic E-state index is 0.610. The summed E-state index contributed by atoms with van der Waals surface area (Å²) in [5.74, 6) is 0.610. The molecule has 0 unspecified atom stereocenters. The predicted molar refractivity (Wildman–Crippen MR) is 68.3 cm³/mol. The molecular formula is C14H21NO. The molecule has 1 aromatic carbocycles. The standard InChI is InChI=1S/C14H21NO/c1-11(2)14-5-4-13(10-12(14)3)15-6-8-16-9-7-15/h4-5,10-11H,6-9H2,1-3H3. The van der Waals surface area contributed by atoms with Crippen LogP contribution in [0.4, 0.5) is 5.69 Å². The van der Waals surface area contributed by atoms with Crippen molar-refractivity contribution < 1.29 is 4.74 Å². The summed E-state index contributed by atoms with van der Waals surface area (Å²) in [7, 11) is 0. The van der Waals surface area contributed by atoms with Gasteiger partial charge in [-0.25, -0.2) is 0 Å². The van der Waals surface area contributed by atoms with Crippen molar-refractivity contribution in [1.82, 2.24) is 0 Å². The molecule has 0 aromatic heterocycles. The fraction of sp³-hybridized carbons (Fsp3) is 0.571. The van der Waals surface area contributed by atoms with E-state index in [4.69, 9.17) is 4.74 Å². The Labute approximate surface area is 98.2 Å². The second-order valence-electron chi connectivity index (χ2n) is 4.80. The Hall–Kier alpha value is -1.02. The van der Waals surface area contributed by atoms with E-state index >= 15 is 0 Å². The highest BCUT2D eigenvalue weighted by Crippen LogP contribution is 2.24. The molecule has 1 saturated heterocycles. The highest BCUT2D eigenvalue weighted by Gasteiger charge is 2.12. The Morgan fingerprint density at radius 2 is 1.88 bits per heavy atom. The molecule has 1 fully saturated rings. The Morgan fingerprint density at radius 1 is 1.19 bits per heavy atom. The first-order valence-corrected chi connectivity index (χ1v) is 6.11. The van der Waals surface area contributed by atoms with E-state index in [-0.39, 0.29) is 0 Å². The maximum absolute atomic E-state index is 5.37. The highest BCUT2D eigenvalue weighted by molar-refractivity contribution is 5.51. The van der Waals surface area contributed by atoms with Crippen LogP contribution in [0, 0.1) is 6.92 Å². The lowest BCUT2D eigenvalue weighted by Crippen LogP contribution is -2.36. The minimum atomic E-state index is 0.610. The van der Waals surface area contributed by atoms with Crippen LogP contribution in [0.25, 0.3) is 0 Å². The third-order valence-electron chi connectivity index (χ3n) is 3.25. The summed E-state index contributed by atoms with van der Waals surface area (Å²) in [6.45, 7) is 10.4. The minimum Gasteiger partial charge on any atom is -0.378 e. The summed E-state index contributed by atoms with van der Waals surface area (Å²) in [4.78, 5) is 2.40. The van der Waals surface area contributed by atoms with Crippen molar-refractivity contribution in [3.8, 4) is 0 Å². The molecule has 2 rings (SSSR count). The van der Waals surface area contributed by atoms with Crippen molar-refractivity contribution in [2.45, 2.75) is 26.7 Å². The monoisotopic (exact) mass is 219 g/mol. The van der Waals surface area contributed by atoms with Gasteiger partial charge in [0.1, 0.15) is 0 Å². The lowest BCUT2D eigenvalue weighted by molar-refractivity contribution is 0.122. The number of nitrogens with zero attached hydrogens (tertiary/aromatic N) is 1. The van der Waals surface area contributed by atoms with Gasteiger partial charge in [-0.3, -0.25) is 0 Å². The molecule has 1 aliphatic rings. The zero-order valence-corrected chi connectivity index (χ0v) is 10.5. The third-order valence-corrected chi connectivity index (χ3v) is 3.25. The quantitative estimate of drug-likeness (QED) is 0.758. The number of hydrogen-bond donors (Lipinski definition) is 0. The molecule has 0 amide bonds. The second kappa shape index (κ2) is 4.88. The summed E-state index contributed by atoms with van der Waals surface area (Å²) in [5, 5.41) is 0. The Bertz CT molecular complexity index is 354. The summed E-state index contributed by atoms with van der Waals surface area (Å²) in [5.41, 5.74) is 4.20. The molecule has 0 bridgehead atoms. The van der Waals surface area contributed by atoms with Crippen LogP contribution in [-0.4, -0.2) is 26.3 Å². The second-order valence-corrected chi connectivity index (χ2v) is 4.80. The molecule has 88 valence electrons. The van der Waals surface area contributed by atoms with Gasteiger partial charge in [0.25, 0.3) is 0 Å². The van der Waals surface area contributed by atoms with E-state index in [1.807, 2.05) is 0 Å². The summed E-state index contributed by atoms with van der Waals surface area (Å²) in [6, 6.07) is 6.82. The van der Waals surface area contributed by atoms with Gasteiger partial charge in [-0.1, -0.05) is 19.9 Å². The molecule has 0 N–H and O–H groups in total. The average molecular weight is 219 g/mol. The van der Waals surface area contributed by atoms with Gasteiger partial charge >= 0.3 is 0 Å². The van der Waals surface area contributed by atoms with Crippen LogP contribution in [0.15, 0.2) is 18.2 Å². The Morgan fingerprint density at radius 3 is 2.44 bits per heavy atom. The summed E-state index contributed by atoms with van der Waals surface area (Å²) in [6.07, 6.45) is 0. The number of aryl methyl sites for hydroxylation is 1. The third kappa shape index (κ3) is 2.38. The van der Waals surface area contributed by atoms with Crippen molar-refractivity contribution in [2.75, 3.05) is 31.2 Å². The Kier molecular flexibility index (Phi) is 3.49.